The zero-order chi connectivity index (χ0) is 26.0. The molecule has 192 valence electrons. The van der Waals surface area contributed by atoms with Gasteiger partial charge in [0.2, 0.25) is 0 Å². The number of benzene rings is 3. The summed E-state index contributed by atoms with van der Waals surface area (Å²) >= 11 is 0. The second-order valence-electron chi connectivity index (χ2n) is 9.17. The fraction of sp³-hybridized carbons (Fsp3) is 0.379. The molecule has 0 radical (unpaired) electrons. The highest BCUT2D eigenvalue weighted by Gasteiger charge is 2.41. The molecule has 0 saturated carbocycles. The lowest BCUT2D eigenvalue weighted by Crippen LogP contribution is -2.23. The highest BCUT2D eigenvalue weighted by molar-refractivity contribution is 5.76. The van der Waals surface area contributed by atoms with Crippen molar-refractivity contribution in [3.8, 4) is 16.9 Å². The maximum atomic E-state index is 15.3. The lowest BCUT2D eigenvalue weighted by Gasteiger charge is -2.29. The van der Waals surface area contributed by atoms with E-state index >= 15 is 13.2 Å². The first-order chi connectivity index (χ1) is 17.2. The van der Waals surface area contributed by atoms with Gasteiger partial charge in [0, 0.05) is 11.1 Å². The average Bonchev–Trinajstić information content (AvgIpc) is 2.85. The molecule has 0 spiro atoms. The highest BCUT2D eigenvalue weighted by atomic mass is 19.3. The Balaban J connectivity index is 1.65. The fourth-order valence-electron chi connectivity index (χ4n) is 4.70. The van der Waals surface area contributed by atoms with E-state index in [9.17, 15) is 13.2 Å². The second kappa shape index (κ2) is 10.6. The van der Waals surface area contributed by atoms with Crippen LogP contribution in [0.25, 0.3) is 11.1 Å². The third-order valence-corrected chi connectivity index (χ3v) is 6.62. The van der Waals surface area contributed by atoms with Gasteiger partial charge in [0.05, 0.1) is 5.56 Å². The number of halogens is 6. The van der Waals surface area contributed by atoms with E-state index in [0.717, 1.165) is 43.4 Å². The Morgan fingerprint density at radius 3 is 1.94 bits per heavy atom. The lowest BCUT2D eigenvalue weighted by molar-refractivity contribution is -0.187. The van der Waals surface area contributed by atoms with Crippen LogP contribution < -0.4 is 4.74 Å². The molecule has 7 heteroatoms. The zero-order valence-electron chi connectivity index (χ0n) is 20.2. The van der Waals surface area contributed by atoms with E-state index in [1.54, 1.807) is 12.1 Å². The normalized spacial score (nSPS) is 17.0. The number of fused-ring (bicyclic) bond motifs is 3. The molecule has 4 rings (SSSR count). The van der Waals surface area contributed by atoms with Gasteiger partial charge in [0.25, 0.3) is 0 Å². The number of ether oxygens (including phenoxy) is 1. The third-order valence-electron chi connectivity index (χ3n) is 6.62. The molecule has 0 heterocycles. The van der Waals surface area contributed by atoms with Crippen molar-refractivity contribution in [2.24, 2.45) is 0 Å². The fourth-order valence-corrected chi connectivity index (χ4v) is 4.70. The highest BCUT2D eigenvalue weighted by Crippen LogP contribution is 2.52. The molecule has 2 atom stereocenters. The minimum atomic E-state index is -3.91. The number of hydrogen-bond acceptors (Lipinski definition) is 1. The van der Waals surface area contributed by atoms with Crippen molar-refractivity contribution >= 4 is 0 Å². The summed E-state index contributed by atoms with van der Waals surface area (Å²) in [6.07, 6.45) is -4.25. The lowest BCUT2D eigenvalue weighted by atomic mass is 9.81. The maximum absolute atomic E-state index is 15.3. The van der Waals surface area contributed by atoms with Crippen molar-refractivity contribution in [1.82, 2.24) is 0 Å². The third kappa shape index (κ3) is 4.84. The number of rotatable bonds is 9. The second-order valence-corrected chi connectivity index (χ2v) is 9.17. The SMILES string of the molecule is CCCCCc1ccc(C(F)(F)Oc2ccc3c(c2F)C(F)C(F)c2c-3ccc(CCC)c2F)cc1. The average molecular weight is 507 g/mol. The molecule has 0 fully saturated rings. The van der Waals surface area contributed by atoms with Crippen LogP contribution in [-0.2, 0) is 19.0 Å². The van der Waals surface area contributed by atoms with Gasteiger partial charge in [-0.25, -0.2) is 17.6 Å². The Hall–Kier alpha value is -2.96. The first-order valence-electron chi connectivity index (χ1n) is 12.3. The smallest absolute Gasteiger partial charge is 0.426 e. The van der Waals surface area contributed by atoms with Gasteiger partial charge >= 0.3 is 6.11 Å². The van der Waals surface area contributed by atoms with Gasteiger partial charge in [-0.3, -0.25) is 0 Å². The summed E-state index contributed by atoms with van der Waals surface area (Å²) in [4.78, 5) is 0. The predicted molar refractivity (Wildman–Crippen MR) is 128 cm³/mol. The quantitative estimate of drug-likeness (QED) is 0.207. The molecular weight excluding hydrogens is 478 g/mol. The topological polar surface area (TPSA) is 9.23 Å². The predicted octanol–water partition coefficient (Wildman–Crippen LogP) is 9.48. The number of aryl methyl sites for hydroxylation is 2. The molecule has 0 saturated heterocycles. The van der Waals surface area contributed by atoms with Crippen molar-refractivity contribution in [2.45, 2.75) is 70.8 Å². The van der Waals surface area contributed by atoms with Gasteiger partial charge in [-0.2, -0.15) is 8.78 Å². The molecular formula is C29H28F6O. The van der Waals surface area contributed by atoms with E-state index in [1.165, 1.54) is 24.3 Å². The van der Waals surface area contributed by atoms with Crippen LogP contribution in [0.5, 0.6) is 5.75 Å². The molecule has 1 aliphatic rings. The minimum absolute atomic E-state index is 0.000347. The van der Waals surface area contributed by atoms with Crippen LogP contribution in [0, 0.1) is 11.6 Å². The summed E-state index contributed by atoms with van der Waals surface area (Å²) in [7, 11) is 0. The summed E-state index contributed by atoms with van der Waals surface area (Å²) in [5.41, 5.74) is -0.667. The van der Waals surface area contributed by atoms with Crippen LogP contribution in [0.4, 0.5) is 26.3 Å². The van der Waals surface area contributed by atoms with E-state index in [4.69, 9.17) is 4.74 Å². The monoisotopic (exact) mass is 506 g/mol. The molecule has 3 aromatic carbocycles. The molecule has 1 aliphatic carbocycles. The molecule has 36 heavy (non-hydrogen) atoms. The van der Waals surface area contributed by atoms with Crippen molar-refractivity contribution in [1.29, 1.82) is 0 Å². The Labute approximate surface area is 207 Å². The zero-order valence-corrected chi connectivity index (χ0v) is 20.2. The molecule has 0 aliphatic heterocycles. The van der Waals surface area contributed by atoms with Gasteiger partial charge in [0.1, 0.15) is 5.82 Å². The van der Waals surface area contributed by atoms with Crippen molar-refractivity contribution in [3.63, 3.8) is 0 Å². The number of hydrogen-bond donors (Lipinski definition) is 0. The van der Waals surface area contributed by atoms with Crippen LogP contribution in [-0.4, -0.2) is 0 Å². The molecule has 0 N–H and O–H groups in total. The van der Waals surface area contributed by atoms with Gasteiger partial charge in [-0.05, 0) is 59.7 Å². The van der Waals surface area contributed by atoms with Crippen LogP contribution in [0.3, 0.4) is 0 Å². The van der Waals surface area contributed by atoms with Crippen molar-refractivity contribution in [3.05, 3.63) is 88.0 Å². The summed E-state index contributed by atoms with van der Waals surface area (Å²) < 4.78 is 94.8. The first kappa shape index (κ1) is 26.1. The largest absolute Gasteiger partial charge is 0.426 e. The van der Waals surface area contributed by atoms with E-state index in [0.29, 0.717) is 12.8 Å². The van der Waals surface area contributed by atoms with E-state index < -0.39 is 52.5 Å². The molecule has 3 aromatic rings. The van der Waals surface area contributed by atoms with E-state index in [-0.39, 0.29) is 16.7 Å². The molecule has 0 amide bonds. The van der Waals surface area contributed by atoms with Crippen molar-refractivity contribution in [2.75, 3.05) is 0 Å². The molecule has 1 nitrogen and oxygen atoms in total. The Kier molecular flexibility index (Phi) is 7.67. The summed E-state index contributed by atoms with van der Waals surface area (Å²) in [6, 6.07) is 10.5. The van der Waals surface area contributed by atoms with Gasteiger partial charge in [-0.1, -0.05) is 63.4 Å². The van der Waals surface area contributed by atoms with Crippen molar-refractivity contribution < 1.29 is 31.1 Å². The summed E-state index contributed by atoms with van der Waals surface area (Å²) in [6.45, 7) is 3.90. The van der Waals surface area contributed by atoms with Crippen LogP contribution in [0.15, 0.2) is 48.5 Å². The standard InChI is InChI=1S/C29H28F6O/c1-3-5-6-8-17-9-12-19(13-10-17)29(34,35)36-22-16-15-21-20-14-11-18(7-4-2)25(30)23(20)27(32)28(33)24(21)26(22)31/h9-16,27-28H,3-8H2,1-2H3. The molecule has 0 aromatic heterocycles. The van der Waals surface area contributed by atoms with E-state index in [1.807, 2.05) is 6.92 Å². The Morgan fingerprint density at radius 2 is 1.33 bits per heavy atom. The Bertz CT molecular complexity index is 1220. The van der Waals surface area contributed by atoms with Crippen LogP contribution >= 0.6 is 0 Å². The minimum Gasteiger partial charge on any atom is -0.426 e. The maximum Gasteiger partial charge on any atom is 0.426 e. The number of alkyl halides is 4. The Morgan fingerprint density at radius 1 is 0.722 bits per heavy atom. The number of unbranched alkanes of at least 4 members (excludes halogenated alkanes) is 2. The van der Waals surface area contributed by atoms with Gasteiger partial charge in [0.15, 0.2) is 23.9 Å². The first-order valence-corrected chi connectivity index (χ1v) is 12.3. The van der Waals surface area contributed by atoms with Crippen LogP contribution in [0.1, 0.15) is 79.7 Å². The summed E-state index contributed by atoms with van der Waals surface area (Å²) in [5.74, 6) is -3.20. The summed E-state index contributed by atoms with van der Waals surface area (Å²) in [5, 5.41) is 0. The van der Waals surface area contributed by atoms with Crippen LogP contribution in [0.2, 0.25) is 0 Å². The van der Waals surface area contributed by atoms with E-state index in [2.05, 4.69) is 6.92 Å². The molecule has 2 unspecified atom stereocenters. The van der Waals surface area contributed by atoms with Gasteiger partial charge in [-0.15, -0.1) is 0 Å². The molecule has 0 bridgehead atoms. The van der Waals surface area contributed by atoms with Gasteiger partial charge < -0.3 is 4.74 Å².